The fourth-order valence-electron chi connectivity index (χ4n) is 2.28. The second-order valence-electron chi connectivity index (χ2n) is 4.72. The third-order valence-corrected chi connectivity index (χ3v) is 3.28. The van der Waals surface area contributed by atoms with E-state index in [4.69, 9.17) is 4.52 Å². The minimum atomic E-state index is -0.230. The van der Waals surface area contributed by atoms with Crippen molar-refractivity contribution in [3.8, 4) is 0 Å². The summed E-state index contributed by atoms with van der Waals surface area (Å²) >= 11 is 0. The van der Waals surface area contributed by atoms with Crippen molar-refractivity contribution in [2.24, 2.45) is 0 Å². The van der Waals surface area contributed by atoms with Crippen molar-refractivity contribution in [2.45, 2.75) is 25.9 Å². The molecule has 5 nitrogen and oxygen atoms in total. The van der Waals surface area contributed by atoms with Gasteiger partial charge in [-0.2, -0.15) is 0 Å². The summed E-state index contributed by atoms with van der Waals surface area (Å²) in [5.41, 5.74) is 2.47. The van der Waals surface area contributed by atoms with Gasteiger partial charge in [0.15, 0.2) is 5.82 Å². The number of rotatable bonds is 2. The zero-order valence-electron chi connectivity index (χ0n) is 10.6. The summed E-state index contributed by atoms with van der Waals surface area (Å²) in [6.07, 6.45) is 0.693. The first-order valence-corrected chi connectivity index (χ1v) is 6.27. The van der Waals surface area contributed by atoms with E-state index in [1.807, 2.05) is 12.1 Å². The van der Waals surface area contributed by atoms with Gasteiger partial charge in [-0.25, -0.2) is 0 Å². The molecular formula is C14H15N3O2. The first kappa shape index (κ1) is 11.9. The first-order chi connectivity index (χ1) is 9.22. The lowest BCUT2D eigenvalue weighted by molar-refractivity contribution is -0.118. The molecule has 1 aliphatic rings. The van der Waals surface area contributed by atoms with Gasteiger partial charge in [0.2, 0.25) is 5.91 Å². The molecule has 98 valence electrons. The van der Waals surface area contributed by atoms with Crippen LogP contribution in [0.3, 0.4) is 0 Å². The van der Waals surface area contributed by atoms with Crippen molar-refractivity contribution in [3.05, 3.63) is 47.2 Å². The summed E-state index contributed by atoms with van der Waals surface area (Å²) in [7, 11) is 0. The Bertz CT molecular complexity index is 606. The maximum Gasteiger partial charge on any atom is 0.243 e. The van der Waals surface area contributed by atoms with Crippen LogP contribution in [0.15, 0.2) is 34.9 Å². The van der Waals surface area contributed by atoms with Gasteiger partial charge in [-0.15, -0.1) is 0 Å². The Morgan fingerprint density at radius 2 is 2.21 bits per heavy atom. The van der Waals surface area contributed by atoms with E-state index in [2.05, 4.69) is 27.9 Å². The Hall–Kier alpha value is -2.14. The summed E-state index contributed by atoms with van der Waals surface area (Å²) in [4.78, 5) is 12.1. The topological polar surface area (TPSA) is 67.2 Å². The van der Waals surface area contributed by atoms with Crippen LogP contribution in [0.2, 0.25) is 0 Å². The van der Waals surface area contributed by atoms with Crippen molar-refractivity contribution in [1.82, 2.24) is 10.5 Å². The number of carbonyl (C=O) groups is 1. The molecule has 0 spiro atoms. The molecule has 2 N–H and O–H groups in total. The van der Waals surface area contributed by atoms with Gasteiger partial charge in [0.05, 0.1) is 6.04 Å². The number of amides is 1. The van der Waals surface area contributed by atoms with Crippen LogP contribution in [0.1, 0.15) is 16.9 Å². The van der Waals surface area contributed by atoms with Gasteiger partial charge >= 0.3 is 0 Å². The lowest BCUT2D eigenvalue weighted by Gasteiger charge is -2.24. The minimum absolute atomic E-state index is 0.0807. The highest BCUT2D eigenvalue weighted by molar-refractivity contribution is 5.94. The van der Waals surface area contributed by atoms with Gasteiger partial charge in [-0.05, 0) is 24.5 Å². The first-order valence-electron chi connectivity index (χ1n) is 6.27. The lowest BCUT2D eigenvalue weighted by Crippen LogP contribution is -2.44. The van der Waals surface area contributed by atoms with Gasteiger partial charge in [-0.3, -0.25) is 4.79 Å². The molecule has 1 aromatic carbocycles. The van der Waals surface area contributed by atoms with Crippen molar-refractivity contribution in [2.75, 3.05) is 5.32 Å². The van der Waals surface area contributed by atoms with Crippen LogP contribution in [0.4, 0.5) is 5.82 Å². The molecule has 0 radical (unpaired) electrons. The molecule has 0 bridgehead atoms. The van der Waals surface area contributed by atoms with Gasteiger partial charge in [-0.1, -0.05) is 29.4 Å². The third kappa shape index (κ3) is 2.51. The molecule has 2 aromatic rings. The average molecular weight is 257 g/mol. The predicted molar refractivity (Wildman–Crippen MR) is 70.6 cm³/mol. The van der Waals surface area contributed by atoms with Crippen LogP contribution in [0, 0.1) is 6.92 Å². The summed E-state index contributed by atoms with van der Waals surface area (Å²) < 4.78 is 4.92. The fourth-order valence-corrected chi connectivity index (χ4v) is 2.28. The Kier molecular flexibility index (Phi) is 3.05. The van der Waals surface area contributed by atoms with Crippen LogP contribution < -0.4 is 10.6 Å². The van der Waals surface area contributed by atoms with Gasteiger partial charge in [0, 0.05) is 12.6 Å². The molecule has 3 rings (SSSR count). The summed E-state index contributed by atoms with van der Waals surface area (Å²) in [6.45, 7) is 2.50. The number of fused-ring (bicyclic) bond motifs is 1. The molecule has 1 atom stereocenters. The van der Waals surface area contributed by atoms with E-state index < -0.39 is 0 Å². The summed E-state index contributed by atoms with van der Waals surface area (Å²) in [5, 5.41) is 9.75. The van der Waals surface area contributed by atoms with Crippen molar-refractivity contribution >= 4 is 11.7 Å². The second-order valence-corrected chi connectivity index (χ2v) is 4.72. The van der Waals surface area contributed by atoms with Crippen LogP contribution in [0.25, 0.3) is 0 Å². The zero-order chi connectivity index (χ0) is 13.2. The number of hydrogen-bond donors (Lipinski definition) is 2. The van der Waals surface area contributed by atoms with Crippen LogP contribution >= 0.6 is 0 Å². The Morgan fingerprint density at radius 1 is 1.42 bits per heavy atom. The minimum Gasteiger partial charge on any atom is -0.360 e. The summed E-state index contributed by atoms with van der Waals surface area (Å²) in [6, 6.07) is 9.63. The molecule has 1 aliphatic heterocycles. The molecule has 19 heavy (non-hydrogen) atoms. The highest BCUT2D eigenvalue weighted by Gasteiger charge is 2.24. The standard InChI is InChI=1S/C14H15N3O2/c1-9-6-13(17-19-9)16-14(18)12-7-10-4-2-3-5-11(10)8-15-12/h2-6,12,15H,7-8H2,1H3,(H,16,17,18). The molecule has 5 heteroatoms. The highest BCUT2D eigenvalue weighted by atomic mass is 16.5. The van der Waals surface area contributed by atoms with Crippen LogP contribution in [-0.2, 0) is 17.8 Å². The van der Waals surface area contributed by atoms with Crippen LogP contribution in [-0.4, -0.2) is 17.1 Å². The monoisotopic (exact) mass is 257 g/mol. The lowest BCUT2D eigenvalue weighted by atomic mass is 9.95. The highest BCUT2D eigenvalue weighted by Crippen LogP contribution is 2.17. The Morgan fingerprint density at radius 3 is 2.95 bits per heavy atom. The van der Waals surface area contributed by atoms with E-state index in [1.165, 1.54) is 11.1 Å². The van der Waals surface area contributed by atoms with E-state index in [0.717, 1.165) is 0 Å². The van der Waals surface area contributed by atoms with E-state index >= 15 is 0 Å². The quantitative estimate of drug-likeness (QED) is 0.858. The predicted octanol–water partition coefficient (Wildman–Crippen LogP) is 1.64. The van der Waals surface area contributed by atoms with Gasteiger partial charge in [0.1, 0.15) is 5.76 Å². The second kappa shape index (κ2) is 4.85. The fraction of sp³-hybridized carbons (Fsp3) is 0.286. The molecule has 1 amide bonds. The van der Waals surface area contributed by atoms with Crippen molar-refractivity contribution in [3.63, 3.8) is 0 Å². The third-order valence-electron chi connectivity index (χ3n) is 3.28. The molecule has 0 aliphatic carbocycles. The number of nitrogens with one attached hydrogen (secondary N) is 2. The van der Waals surface area contributed by atoms with E-state index in [9.17, 15) is 4.79 Å². The number of hydrogen-bond acceptors (Lipinski definition) is 4. The zero-order valence-corrected chi connectivity index (χ0v) is 10.6. The van der Waals surface area contributed by atoms with Gasteiger partial charge < -0.3 is 15.2 Å². The molecule has 0 fully saturated rings. The van der Waals surface area contributed by atoms with Crippen LogP contribution in [0.5, 0.6) is 0 Å². The number of carbonyl (C=O) groups excluding carboxylic acids is 1. The molecule has 1 unspecified atom stereocenters. The number of aryl methyl sites for hydroxylation is 1. The van der Waals surface area contributed by atoms with E-state index in [1.54, 1.807) is 13.0 Å². The normalized spacial score (nSPS) is 17.8. The van der Waals surface area contributed by atoms with E-state index in [0.29, 0.717) is 24.5 Å². The molecule has 0 saturated carbocycles. The molecule has 2 heterocycles. The molecular weight excluding hydrogens is 242 g/mol. The Balaban J connectivity index is 1.69. The maximum atomic E-state index is 12.1. The van der Waals surface area contributed by atoms with E-state index in [-0.39, 0.29) is 11.9 Å². The Labute approximate surface area is 111 Å². The number of aromatic nitrogens is 1. The molecule has 1 aromatic heterocycles. The van der Waals surface area contributed by atoms with Crippen molar-refractivity contribution in [1.29, 1.82) is 0 Å². The smallest absolute Gasteiger partial charge is 0.243 e. The molecule has 0 saturated heterocycles. The number of benzene rings is 1. The van der Waals surface area contributed by atoms with Gasteiger partial charge in [0.25, 0.3) is 0 Å². The van der Waals surface area contributed by atoms with Crippen molar-refractivity contribution < 1.29 is 9.32 Å². The maximum absolute atomic E-state index is 12.1. The average Bonchev–Trinajstić information content (AvgIpc) is 2.83. The SMILES string of the molecule is Cc1cc(NC(=O)C2Cc3ccccc3CN2)no1. The number of anilines is 1. The number of nitrogens with zero attached hydrogens (tertiary/aromatic N) is 1. The largest absolute Gasteiger partial charge is 0.360 e. The summed E-state index contributed by atoms with van der Waals surface area (Å²) in [5.74, 6) is 1.06.